The third-order valence-corrected chi connectivity index (χ3v) is 4.82. The molecule has 136 valence electrons. The molecule has 3 aromatic carbocycles. The third kappa shape index (κ3) is 3.04. The second-order valence-corrected chi connectivity index (χ2v) is 6.51. The molecule has 0 aliphatic carbocycles. The van der Waals surface area contributed by atoms with Crippen LogP contribution in [0.5, 0.6) is 0 Å². The molecule has 0 bridgehead atoms. The van der Waals surface area contributed by atoms with Gasteiger partial charge >= 0.3 is 0 Å². The van der Waals surface area contributed by atoms with E-state index in [1.165, 1.54) is 0 Å². The minimum absolute atomic E-state index is 0.514. The first-order chi connectivity index (χ1) is 13.2. The number of hydrogen-bond donors (Lipinski definition) is 3. The van der Waals surface area contributed by atoms with Crippen LogP contribution < -0.4 is 0 Å². The van der Waals surface area contributed by atoms with E-state index < -0.39 is 18.8 Å². The molecule has 4 aromatic rings. The van der Waals surface area contributed by atoms with Crippen molar-refractivity contribution in [3.05, 3.63) is 90.5 Å². The number of rotatable bonds is 5. The molecule has 3 N–H and O–H groups in total. The molecule has 27 heavy (non-hydrogen) atoms. The molecule has 1 heterocycles. The largest absolute Gasteiger partial charge is 0.394 e. The second kappa shape index (κ2) is 7.37. The summed E-state index contributed by atoms with van der Waals surface area (Å²) in [6, 6.07) is 27.5. The van der Waals surface area contributed by atoms with Crippen molar-refractivity contribution in [1.82, 2.24) is 4.57 Å². The molecule has 0 amide bonds. The fourth-order valence-electron chi connectivity index (χ4n) is 3.58. The molecule has 4 rings (SSSR count). The zero-order chi connectivity index (χ0) is 18.8. The number of aliphatic hydroxyl groups is 3. The molecule has 0 radical (unpaired) electrons. The van der Waals surface area contributed by atoms with Crippen molar-refractivity contribution in [2.24, 2.45) is 0 Å². The fourth-order valence-corrected chi connectivity index (χ4v) is 3.58. The molecule has 0 spiro atoms. The summed E-state index contributed by atoms with van der Waals surface area (Å²) < 4.78 is 2.09. The predicted molar refractivity (Wildman–Crippen MR) is 107 cm³/mol. The summed E-state index contributed by atoms with van der Waals surface area (Å²) in [6.45, 7) is -0.514. The Kier molecular flexibility index (Phi) is 4.77. The summed E-state index contributed by atoms with van der Waals surface area (Å²) in [7, 11) is 0. The average Bonchev–Trinajstić information content (AvgIpc) is 3.09. The molecular weight excluding hydrogens is 338 g/mol. The molecule has 0 aliphatic heterocycles. The van der Waals surface area contributed by atoms with E-state index in [2.05, 4.69) is 4.57 Å². The molecule has 0 aliphatic rings. The topological polar surface area (TPSA) is 65.6 Å². The lowest BCUT2D eigenvalue weighted by molar-refractivity contribution is -0.0143. The summed E-state index contributed by atoms with van der Waals surface area (Å²) in [5.41, 5.74) is 4.24. The Labute approximate surface area is 157 Å². The van der Waals surface area contributed by atoms with E-state index >= 15 is 0 Å². The van der Waals surface area contributed by atoms with E-state index in [0.29, 0.717) is 5.56 Å². The van der Waals surface area contributed by atoms with Crippen LogP contribution in [-0.2, 0) is 0 Å². The number of para-hydroxylation sites is 2. The Morgan fingerprint density at radius 2 is 1.33 bits per heavy atom. The van der Waals surface area contributed by atoms with Gasteiger partial charge in [-0.2, -0.15) is 0 Å². The third-order valence-electron chi connectivity index (χ3n) is 4.82. The number of nitrogens with zero attached hydrogens (tertiary/aromatic N) is 1. The highest BCUT2D eigenvalue weighted by atomic mass is 16.4. The van der Waals surface area contributed by atoms with Crippen LogP contribution in [0.4, 0.5) is 0 Å². The first kappa shape index (κ1) is 17.5. The van der Waals surface area contributed by atoms with E-state index in [1.807, 2.05) is 84.9 Å². The molecule has 4 heteroatoms. The van der Waals surface area contributed by atoms with Crippen LogP contribution in [0.2, 0.25) is 0 Å². The smallest absolute Gasteiger partial charge is 0.110 e. The Bertz CT molecular complexity index is 1040. The van der Waals surface area contributed by atoms with Crippen molar-refractivity contribution in [2.75, 3.05) is 6.61 Å². The molecule has 1 aromatic heterocycles. The summed E-state index contributed by atoms with van der Waals surface area (Å²) in [5.74, 6) is 0. The summed E-state index contributed by atoms with van der Waals surface area (Å²) in [5, 5.41) is 31.3. The Hall–Kier alpha value is -2.92. The predicted octanol–water partition coefficient (Wildman–Crippen LogP) is 3.68. The summed E-state index contributed by atoms with van der Waals surface area (Å²) in [4.78, 5) is 0. The maximum atomic E-state index is 10.9. The average molecular weight is 359 g/mol. The van der Waals surface area contributed by atoms with Gasteiger partial charge in [0.05, 0.1) is 17.8 Å². The van der Waals surface area contributed by atoms with Crippen LogP contribution in [0.15, 0.2) is 84.9 Å². The number of aromatic nitrogens is 1. The van der Waals surface area contributed by atoms with Crippen molar-refractivity contribution in [2.45, 2.75) is 12.2 Å². The van der Waals surface area contributed by atoms with E-state index in [0.717, 1.165) is 27.8 Å². The minimum Gasteiger partial charge on any atom is -0.394 e. The number of fused-ring (bicyclic) bond motifs is 1. The highest BCUT2D eigenvalue weighted by Crippen LogP contribution is 2.40. The Morgan fingerprint density at radius 3 is 2.00 bits per heavy atom. The van der Waals surface area contributed by atoms with Crippen LogP contribution in [0.1, 0.15) is 11.7 Å². The molecule has 4 nitrogen and oxygen atoms in total. The van der Waals surface area contributed by atoms with Gasteiger partial charge in [0.1, 0.15) is 12.2 Å². The van der Waals surface area contributed by atoms with Gasteiger partial charge < -0.3 is 19.9 Å². The lowest BCUT2D eigenvalue weighted by Crippen LogP contribution is -2.22. The quantitative estimate of drug-likeness (QED) is 0.509. The van der Waals surface area contributed by atoms with Crippen LogP contribution in [0.3, 0.4) is 0 Å². The monoisotopic (exact) mass is 359 g/mol. The first-order valence-corrected chi connectivity index (χ1v) is 8.93. The van der Waals surface area contributed by atoms with Gasteiger partial charge in [-0.15, -0.1) is 0 Å². The lowest BCUT2D eigenvalue weighted by atomic mass is 9.97. The van der Waals surface area contributed by atoms with Gasteiger partial charge in [-0.25, -0.2) is 0 Å². The van der Waals surface area contributed by atoms with Crippen molar-refractivity contribution in [3.8, 4) is 16.9 Å². The highest BCUT2D eigenvalue weighted by Gasteiger charge is 2.28. The van der Waals surface area contributed by atoms with Gasteiger partial charge in [0.25, 0.3) is 0 Å². The minimum atomic E-state index is -1.26. The molecule has 0 saturated carbocycles. The van der Waals surface area contributed by atoms with Crippen molar-refractivity contribution in [1.29, 1.82) is 0 Å². The maximum Gasteiger partial charge on any atom is 0.110 e. The molecule has 0 fully saturated rings. The normalized spacial score (nSPS) is 13.6. The second-order valence-electron chi connectivity index (χ2n) is 6.51. The van der Waals surface area contributed by atoms with E-state index in [1.54, 1.807) is 0 Å². The zero-order valence-corrected chi connectivity index (χ0v) is 14.7. The van der Waals surface area contributed by atoms with Gasteiger partial charge in [0, 0.05) is 16.6 Å². The van der Waals surface area contributed by atoms with Gasteiger partial charge in [-0.3, -0.25) is 0 Å². The maximum absolute atomic E-state index is 10.9. The number of benzene rings is 3. The van der Waals surface area contributed by atoms with Crippen LogP contribution in [-0.4, -0.2) is 32.6 Å². The zero-order valence-electron chi connectivity index (χ0n) is 14.7. The van der Waals surface area contributed by atoms with Crippen LogP contribution >= 0.6 is 0 Å². The van der Waals surface area contributed by atoms with Crippen LogP contribution in [0, 0.1) is 0 Å². The van der Waals surface area contributed by atoms with E-state index in [-0.39, 0.29) is 0 Å². The van der Waals surface area contributed by atoms with Crippen LogP contribution in [0.25, 0.3) is 27.8 Å². The van der Waals surface area contributed by atoms with Gasteiger partial charge in [0.2, 0.25) is 0 Å². The lowest BCUT2D eigenvalue weighted by Gasteiger charge is -2.19. The highest BCUT2D eigenvalue weighted by molar-refractivity contribution is 5.94. The van der Waals surface area contributed by atoms with E-state index in [9.17, 15) is 15.3 Å². The molecule has 2 unspecified atom stereocenters. The standard InChI is InChI=1S/C23H21NO3/c25-15-20(26)23(27)21-18-13-7-8-14-19(18)24(17-11-5-2-6-12-17)22(21)16-9-3-1-4-10-16/h1-14,20,23,25-27H,15H2. The Balaban J connectivity index is 2.12. The Morgan fingerprint density at radius 1 is 0.741 bits per heavy atom. The van der Waals surface area contributed by atoms with Crippen molar-refractivity contribution >= 4 is 10.9 Å². The first-order valence-electron chi connectivity index (χ1n) is 8.93. The fraction of sp³-hybridized carbons (Fsp3) is 0.130. The molecule has 0 saturated heterocycles. The molecular formula is C23H21NO3. The SMILES string of the molecule is OCC(O)C(O)c1c(-c2ccccc2)n(-c2ccccc2)c2ccccc12. The summed E-state index contributed by atoms with van der Waals surface area (Å²) in [6.07, 6.45) is -2.47. The van der Waals surface area contributed by atoms with Gasteiger partial charge in [0.15, 0.2) is 0 Å². The van der Waals surface area contributed by atoms with Crippen molar-refractivity contribution in [3.63, 3.8) is 0 Å². The number of aliphatic hydroxyl groups excluding tert-OH is 3. The summed E-state index contributed by atoms with van der Waals surface area (Å²) >= 11 is 0. The van der Waals surface area contributed by atoms with Gasteiger partial charge in [-0.1, -0.05) is 66.7 Å². The molecule has 2 atom stereocenters. The van der Waals surface area contributed by atoms with Crippen molar-refractivity contribution < 1.29 is 15.3 Å². The van der Waals surface area contributed by atoms with E-state index in [4.69, 9.17) is 0 Å². The van der Waals surface area contributed by atoms with Gasteiger partial charge in [-0.05, 0) is 23.8 Å². The number of hydrogen-bond acceptors (Lipinski definition) is 3.